The summed E-state index contributed by atoms with van der Waals surface area (Å²) in [6, 6.07) is 7.71. The first kappa shape index (κ1) is 16.7. The Bertz CT molecular complexity index is 841. The number of ether oxygens (including phenoxy) is 1. The molecule has 6 heteroatoms. The monoisotopic (exact) mass is 364 g/mol. The Balaban J connectivity index is 1.28. The maximum absolute atomic E-state index is 12.5. The molecule has 0 aliphatic carbocycles. The van der Waals surface area contributed by atoms with Gasteiger partial charge in [0.15, 0.2) is 0 Å². The lowest BCUT2D eigenvalue weighted by molar-refractivity contribution is 0.0141. The molecule has 0 radical (unpaired) electrons. The van der Waals surface area contributed by atoms with Crippen molar-refractivity contribution in [3.8, 4) is 0 Å². The lowest BCUT2D eigenvalue weighted by Crippen LogP contribution is -2.41. The average Bonchev–Trinajstić information content (AvgIpc) is 3.36. The largest absolute Gasteiger partial charge is 0.369 e. The number of aromatic nitrogens is 2. The molecule has 1 N–H and O–H groups in total. The van der Waals surface area contributed by atoms with Gasteiger partial charge in [-0.05, 0) is 31.9 Å². The molecule has 2 aromatic rings. The lowest BCUT2D eigenvalue weighted by Gasteiger charge is -2.29. The summed E-state index contributed by atoms with van der Waals surface area (Å²) in [4.78, 5) is 23.4. The highest BCUT2D eigenvalue weighted by Crippen LogP contribution is 2.55. The predicted molar refractivity (Wildman–Crippen MR) is 102 cm³/mol. The summed E-state index contributed by atoms with van der Waals surface area (Å²) in [7, 11) is 0. The van der Waals surface area contributed by atoms with Gasteiger partial charge in [0, 0.05) is 49.4 Å². The topological polar surface area (TPSA) is 67.4 Å². The molecule has 1 aromatic carbocycles. The zero-order valence-corrected chi connectivity index (χ0v) is 15.5. The highest BCUT2D eigenvalue weighted by atomic mass is 16.5. The first-order chi connectivity index (χ1) is 13.1. The number of amides is 1. The van der Waals surface area contributed by atoms with Crippen LogP contribution in [0.4, 0.5) is 5.82 Å². The van der Waals surface area contributed by atoms with Crippen LogP contribution in [0, 0.1) is 18.8 Å². The summed E-state index contributed by atoms with van der Waals surface area (Å²) < 4.78 is 6.46. The van der Waals surface area contributed by atoms with E-state index in [1.807, 2.05) is 37.4 Å². The molecule has 6 nitrogen and oxygen atoms in total. The summed E-state index contributed by atoms with van der Waals surface area (Å²) in [5.74, 6) is 1.69. The second-order valence-corrected chi connectivity index (χ2v) is 8.05. The fourth-order valence-electron chi connectivity index (χ4n) is 5.11. The zero-order chi connectivity index (χ0) is 18.4. The van der Waals surface area contributed by atoms with Gasteiger partial charge >= 0.3 is 0 Å². The molecule has 4 heterocycles. The fraction of sp³-hybridized carbons (Fsp3) is 0.476. The van der Waals surface area contributed by atoms with Gasteiger partial charge in [-0.1, -0.05) is 17.7 Å². The number of hydrogen-bond donors (Lipinski definition) is 1. The van der Waals surface area contributed by atoms with Gasteiger partial charge in [-0.15, -0.1) is 0 Å². The van der Waals surface area contributed by atoms with Crippen LogP contribution in [0.15, 0.2) is 42.9 Å². The molecule has 27 heavy (non-hydrogen) atoms. The van der Waals surface area contributed by atoms with Crippen molar-refractivity contribution in [1.29, 1.82) is 0 Å². The number of carbonyl (C=O) groups is 1. The van der Waals surface area contributed by atoms with E-state index in [9.17, 15) is 4.79 Å². The van der Waals surface area contributed by atoms with Crippen LogP contribution in [0.2, 0.25) is 0 Å². The van der Waals surface area contributed by atoms with E-state index in [1.54, 1.807) is 12.4 Å². The van der Waals surface area contributed by atoms with Crippen LogP contribution in [0.5, 0.6) is 0 Å². The maximum Gasteiger partial charge on any atom is 0.251 e. The van der Waals surface area contributed by atoms with E-state index in [0.717, 1.165) is 37.3 Å². The van der Waals surface area contributed by atoms with Gasteiger partial charge in [-0.25, -0.2) is 4.98 Å². The summed E-state index contributed by atoms with van der Waals surface area (Å²) in [5.41, 5.74) is 1.79. The third-order valence-corrected chi connectivity index (χ3v) is 6.47. The molecule has 3 saturated heterocycles. The van der Waals surface area contributed by atoms with Gasteiger partial charge in [0.2, 0.25) is 0 Å². The highest BCUT2D eigenvalue weighted by molar-refractivity contribution is 5.94. The van der Waals surface area contributed by atoms with Crippen LogP contribution in [0.3, 0.4) is 0 Å². The smallest absolute Gasteiger partial charge is 0.251 e. The Hall–Kier alpha value is -2.47. The number of rotatable bonds is 4. The molecule has 140 valence electrons. The van der Waals surface area contributed by atoms with Crippen molar-refractivity contribution >= 4 is 11.7 Å². The van der Waals surface area contributed by atoms with Crippen LogP contribution in [-0.4, -0.2) is 47.2 Å². The van der Waals surface area contributed by atoms with Gasteiger partial charge in [-0.2, -0.15) is 0 Å². The van der Waals surface area contributed by atoms with Crippen molar-refractivity contribution in [3.05, 3.63) is 54.0 Å². The standard InChI is InChI=1S/C21H24N4O2/c1-14-2-4-15(5-3-14)20(26)24-10-16-17-12-25(19-11-22-8-9-23-19)13-21(17)7-6-18(16)27-21/h2-5,8-9,11,16-18H,6-7,10,12-13H2,1H3,(H,24,26)/t16-,17+,18+,21+/m0/s1. The summed E-state index contributed by atoms with van der Waals surface area (Å²) in [6.07, 6.45) is 7.69. The Labute approximate surface area is 159 Å². The molecule has 2 bridgehead atoms. The molecule has 1 aromatic heterocycles. The average molecular weight is 364 g/mol. The van der Waals surface area contributed by atoms with Gasteiger partial charge in [0.05, 0.1) is 17.9 Å². The Morgan fingerprint density at radius 2 is 2.19 bits per heavy atom. The van der Waals surface area contributed by atoms with Gasteiger partial charge in [-0.3, -0.25) is 9.78 Å². The highest BCUT2D eigenvalue weighted by Gasteiger charge is 2.63. The van der Waals surface area contributed by atoms with Crippen molar-refractivity contribution in [2.45, 2.75) is 31.5 Å². The first-order valence-corrected chi connectivity index (χ1v) is 9.68. The van der Waals surface area contributed by atoms with E-state index < -0.39 is 0 Å². The van der Waals surface area contributed by atoms with Crippen molar-refractivity contribution in [3.63, 3.8) is 0 Å². The molecular weight excluding hydrogens is 340 g/mol. The van der Waals surface area contributed by atoms with E-state index in [1.165, 1.54) is 0 Å². The first-order valence-electron chi connectivity index (χ1n) is 9.68. The number of fused-ring (bicyclic) bond motifs is 1. The quantitative estimate of drug-likeness (QED) is 0.901. The van der Waals surface area contributed by atoms with Crippen LogP contribution in [0.1, 0.15) is 28.8 Å². The SMILES string of the molecule is Cc1ccc(C(=O)NC[C@H]2[C@H]3CN(c4cnccn4)C[C@]34CC[C@H]2O4)cc1. The number of benzene rings is 1. The van der Waals surface area contributed by atoms with E-state index in [2.05, 4.69) is 20.2 Å². The molecular formula is C21H24N4O2. The van der Waals surface area contributed by atoms with E-state index in [0.29, 0.717) is 23.9 Å². The third kappa shape index (κ3) is 2.79. The minimum absolute atomic E-state index is 0.00407. The predicted octanol–water partition coefficient (Wildman–Crippen LogP) is 2.20. The molecule has 1 spiro atoms. The number of nitrogens with one attached hydrogen (secondary N) is 1. The Morgan fingerprint density at radius 3 is 2.96 bits per heavy atom. The molecule has 1 amide bonds. The molecule has 3 aliphatic rings. The summed E-state index contributed by atoms with van der Waals surface area (Å²) in [6.45, 7) is 4.48. The van der Waals surface area contributed by atoms with Crippen LogP contribution >= 0.6 is 0 Å². The molecule has 3 fully saturated rings. The second kappa shape index (κ2) is 6.30. The minimum atomic E-state index is -0.0819. The molecule has 0 unspecified atom stereocenters. The van der Waals surface area contributed by atoms with Gasteiger partial charge in [0.25, 0.3) is 5.91 Å². The minimum Gasteiger partial charge on any atom is -0.369 e. The number of nitrogens with zero attached hydrogens (tertiary/aromatic N) is 3. The third-order valence-electron chi connectivity index (χ3n) is 6.47. The van der Waals surface area contributed by atoms with Gasteiger partial charge in [0.1, 0.15) is 5.82 Å². The maximum atomic E-state index is 12.5. The number of carbonyl (C=O) groups excluding carboxylic acids is 1. The van der Waals surface area contributed by atoms with E-state index in [-0.39, 0.29) is 17.6 Å². The number of aryl methyl sites for hydroxylation is 1. The van der Waals surface area contributed by atoms with Gasteiger partial charge < -0.3 is 15.0 Å². The molecule has 5 rings (SSSR count). The van der Waals surface area contributed by atoms with Crippen molar-refractivity contribution in [2.24, 2.45) is 11.8 Å². The molecule has 3 aliphatic heterocycles. The van der Waals surface area contributed by atoms with E-state index in [4.69, 9.17) is 4.74 Å². The lowest BCUT2D eigenvalue weighted by atomic mass is 9.73. The van der Waals surface area contributed by atoms with Crippen molar-refractivity contribution in [2.75, 3.05) is 24.5 Å². The Kier molecular flexibility index (Phi) is 3.90. The Morgan fingerprint density at radius 1 is 1.33 bits per heavy atom. The van der Waals surface area contributed by atoms with Crippen molar-refractivity contribution < 1.29 is 9.53 Å². The summed E-state index contributed by atoms with van der Waals surface area (Å²) >= 11 is 0. The second-order valence-electron chi connectivity index (χ2n) is 8.05. The number of hydrogen-bond acceptors (Lipinski definition) is 5. The summed E-state index contributed by atoms with van der Waals surface area (Å²) in [5, 5.41) is 3.14. The molecule has 0 saturated carbocycles. The fourth-order valence-corrected chi connectivity index (χ4v) is 5.11. The van der Waals surface area contributed by atoms with Crippen LogP contribution < -0.4 is 10.2 Å². The normalized spacial score (nSPS) is 31.1. The molecule has 4 atom stereocenters. The zero-order valence-electron chi connectivity index (χ0n) is 15.5. The van der Waals surface area contributed by atoms with Crippen LogP contribution in [-0.2, 0) is 4.74 Å². The number of anilines is 1. The van der Waals surface area contributed by atoms with Crippen molar-refractivity contribution in [1.82, 2.24) is 15.3 Å². The van der Waals surface area contributed by atoms with Crippen LogP contribution in [0.25, 0.3) is 0 Å². The van der Waals surface area contributed by atoms with E-state index >= 15 is 0 Å².